The van der Waals surface area contributed by atoms with Crippen molar-refractivity contribution in [2.75, 3.05) is 0 Å². The molecule has 122 valence electrons. The minimum atomic E-state index is -3.73. The van der Waals surface area contributed by atoms with E-state index in [4.69, 9.17) is 0 Å². The van der Waals surface area contributed by atoms with Crippen molar-refractivity contribution in [3.63, 3.8) is 0 Å². The highest BCUT2D eigenvalue weighted by Gasteiger charge is 2.26. The maximum Gasteiger partial charge on any atom is 0.265 e. The van der Waals surface area contributed by atoms with Gasteiger partial charge < -0.3 is 0 Å². The number of sulfone groups is 1. The molecule has 1 aromatic carbocycles. The van der Waals surface area contributed by atoms with E-state index in [2.05, 4.69) is 15.2 Å². The number of nitrogens with one attached hydrogen (secondary N) is 1. The van der Waals surface area contributed by atoms with Crippen LogP contribution in [0.3, 0.4) is 0 Å². The van der Waals surface area contributed by atoms with Crippen LogP contribution in [0.15, 0.2) is 57.2 Å². The molecule has 7 nitrogen and oxygen atoms in total. The lowest BCUT2D eigenvalue weighted by Crippen LogP contribution is -2.19. The summed E-state index contributed by atoms with van der Waals surface area (Å²) in [6.07, 6.45) is 0.806. The van der Waals surface area contributed by atoms with Gasteiger partial charge in [-0.25, -0.2) is 13.4 Å². The van der Waals surface area contributed by atoms with Crippen molar-refractivity contribution in [3.05, 3.63) is 59.5 Å². The second kappa shape index (κ2) is 6.46. The molecule has 0 saturated heterocycles. The molecule has 3 rings (SSSR count). The summed E-state index contributed by atoms with van der Waals surface area (Å²) in [4.78, 5) is 27.8. The molecule has 0 aliphatic carbocycles. The maximum atomic E-state index is 12.7. The minimum absolute atomic E-state index is 0.0624. The van der Waals surface area contributed by atoms with E-state index in [1.807, 2.05) is 0 Å². The molecule has 0 bridgehead atoms. The van der Waals surface area contributed by atoms with E-state index in [-0.39, 0.29) is 21.3 Å². The first-order valence-corrected chi connectivity index (χ1v) is 9.16. The predicted octanol–water partition coefficient (Wildman–Crippen LogP) is 1.69. The van der Waals surface area contributed by atoms with Crippen LogP contribution >= 0.6 is 11.3 Å². The number of aromatic amines is 1. The molecule has 0 saturated carbocycles. The molecule has 0 amide bonds. The summed E-state index contributed by atoms with van der Waals surface area (Å²) in [5, 5.41) is 7.42. The monoisotopic (exact) mass is 361 g/mol. The Morgan fingerprint density at radius 3 is 2.54 bits per heavy atom. The normalized spacial score (nSPS) is 11.3. The number of hydrogen-bond donors (Lipinski definition) is 1. The Morgan fingerprint density at radius 1 is 1.12 bits per heavy atom. The fraction of sp³-hybridized carbons (Fsp3) is 0.0667. The highest BCUT2D eigenvalue weighted by Crippen LogP contribution is 2.29. The number of nitrogens with zero attached hydrogens (tertiary/aromatic N) is 2. The third-order valence-corrected chi connectivity index (χ3v) is 6.58. The van der Waals surface area contributed by atoms with E-state index in [1.165, 1.54) is 18.2 Å². The van der Waals surface area contributed by atoms with Gasteiger partial charge in [-0.1, -0.05) is 18.2 Å². The Labute approximate surface area is 141 Å². The Kier molecular flexibility index (Phi) is 4.36. The van der Waals surface area contributed by atoms with Crippen LogP contribution < -0.4 is 0 Å². The summed E-state index contributed by atoms with van der Waals surface area (Å²) in [5.74, 6) is -1.75. The van der Waals surface area contributed by atoms with Gasteiger partial charge in [0.05, 0.1) is 4.90 Å². The Hall–Kier alpha value is -2.65. The number of rotatable bonds is 6. The second-order valence-electron chi connectivity index (χ2n) is 4.81. The molecular formula is C15H11N3O4S2. The number of ketones is 2. The van der Waals surface area contributed by atoms with Gasteiger partial charge in [-0.15, -0.1) is 11.3 Å². The summed E-state index contributed by atoms with van der Waals surface area (Å²) < 4.78 is 25.4. The lowest BCUT2D eigenvalue weighted by Gasteiger charge is -2.05. The van der Waals surface area contributed by atoms with E-state index in [0.29, 0.717) is 5.56 Å². The summed E-state index contributed by atoms with van der Waals surface area (Å²) in [7, 11) is -3.73. The number of benzene rings is 1. The lowest BCUT2D eigenvalue weighted by atomic mass is 10.1. The topological polar surface area (TPSA) is 110 Å². The van der Waals surface area contributed by atoms with Crippen LogP contribution in [0.5, 0.6) is 0 Å². The van der Waals surface area contributed by atoms with Gasteiger partial charge in [0, 0.05) is 6.42 Å². The quantitative estimate of drug-likeness (QED) is 0.528. The van der Waals surface area contributed by atoms with Crippen LogP contribution in [0.2, 0.25) is 0 Å². The summed E-state index contributed by atoms with van der Waals surface area (Å²) in [6, 6.07) is 9.47. The maximum absolute atomic E-state index is 12.7. The van der Waals surface area contributed by atoms with Gasteiger partial charge >= 0.3 is 0 Å². The smallest absolute Gasteiger partial charge is 0.265 e. The zero-order valence-electron chi connectivity index (χ0n) is 12.2. The minimum Gasteiger partial charge on any atom is -0.290 e. The van der Waals surface area contributed by atoms with Crippen LogP contribution in [0.1, 0.15) is 16.2 Å². The van der Waals surface area contributed by atoms with E-state index in [0.717, 1.165) is 17.7 Å². The Morgan fingerprint density at radius 2 is 1.88 bits per heavy atom. The van der Waals surface area contributed by atoms with Gasteiger partial charge in [0.15, 0.2) is 5.82 Å². The third-order valence-electron chi connectivity index (χ3n) is 3.24. The molecule has 0 spiro atoms. The number of hydrogen-bond acceptors (Lipinski definition) is 7. The van der Waals surface area contributed by atoms with Gasteiger partial charge in [0.1, 0.15) is 10.5 Å². The molecule has 0 unspecified atom stereocenters. The Bertz CT molecular complexity index is 977. The average molecular weight is 361 g/mol. The lowest BCUT2D eigenvalue weighted by molar-refractivity contribution is -0.114. The number of aromatic nitrogens is 3. The van der Waals surface area contributed by atoms with Crippen LogP contribution in [0.4, 0.5) is 0 Å². The average Bonchev–Trinajstić information content (AvgIpc) is 3.26. The highest BCUT2D eigenvalue weighted by molar-refractivity contribution is 7.93. The second-order valence-corrected chi connectivity index (χ2v) is 7.87. The Balaban J connectivity index is 1.89. The number of carbonyl (C=O) groups is 2. The molecule has 0 aliphatic rings. The third kappa shape index (κ3) is 3.03. The largest absolute Gasteiger partial charge is 0.290 e. The number of carbonyl (C=O) groups excluding carboxylic acids is 2. The van der Waals surface area contributed by atoms with Crippen molar-refractivity contribution < 1.29 is 18.0 Å². The van der Waals surface area contributed by atoms with Crippen molar-refractivity contribution in [2.24, 2.45) is 0 Å². The summed E-state index contributed by atoms with van der Waals surface area (Å²) in [5.41, 5.74) is 0.293. The molecule has 0 radical (unpaired) electrons. The number of Topliss-reactive ketones (excluding diaryl/α,β-unsaturated/α-hetero) is 2. The van der Waals surface area contributed by atoms with Gasteiger partial charge in [-0.05, 0) is 29.1 Å². The first-order chi connectivity index (χ1) is 11.5. The zero-order valence-corrected chi connectivity index (χ0v) is 13.8. The summed E-state index contributed by atoms with van der Waals surface area (Å²) >= 11 is 1.02. The van der Waals surface area contributed by atoms with Crippen molar-refractivity contribution >= 4 is 32.7 Å². The van der Waals surface area contributed by atoms with Crippen LogP contribution in [0, 0.1) is 0 Å². The SMILES string of the molecule is O=C(Cc1ccsc1S(=O)(=O)c1ccccc1)C(=O)c1ncn[nH]1. The molecule has 24 heavy (non-hydrogen) atoms. The van der Waals surface area contributed by atoms with E-state index < -0.39 is 21.4 Å². The van der Waals surface area contributed by atoms with Crippen molar-refractivity contribution in [1.29, 1.82) is 0 Å². The van der Waals surface area contributed by atoms with E-state index in [1.54, 1.807) is 23.6 Å². The van der Waals surface area contributed by atoms with Crippen LogP contribution in [-0.2, 0) is 21.1 Å². The van der Waals surface area contributed by atoms with Crippen LogP contribution in [-0.4, -0.2) is 35.2 Å². The van der Waals surface area contributed by atoms with Gasteiger partial charge in [0.25, 0.3) is 5.78 Å². The predicted molar refractivity (Wildman–Crippen MR) is 85.6 cm³/mol. The summed E-state index contributed by atoms with van der Waals surface area (Å²) in [6.45, 7) is 0. The molecule has 2 heterocycles. The highest BCUT2D eigenvalue weighted by atomic mass is 32.2. The fourth-order valence-electron chi connectivity index (χ4n) is 2.10. The van der Waals surface area contributed by atoms with E-state index in [9.17, 15) is 18.0 Å². The van der Waals surface area contributed by atoms with Crippen molar-refractivity contribution in [3.8, 4) is 0 Å². The molecule has 9 heteroatoms. The first-order valence-electron chi connectivity index (χ1n) is 6.79. The van der Waals surface area contributed by atoms with Crippen LogP contribution in [0.25, 0.3) is 0 Å². The molecule has 1 N–H and O–H groups in total. The number of thiophene rings is 1. The van der Waals surface area contributed by atoms with Gasteiger partial charge in [0.2, 0.25) is 15.6 Å². The first kappa shape index (κ1) is 16.2. The molecule has 2 aromatic heterocycles. The standard InChI is InChI=1S/C15H11N3O4S2/c19-12(13(20)14-16-9-17-18-14)8-10-6-7-23-15(10)24(21,22)11-4-2-1-3-5-11/h1-7,9H,8H2,(H,16,17,18). The molecule has 0 aliphatic heterocycles. The van der Waals surface area contributed by atoms with Crippen molar-refractivity contribution in [2.45, 2.75) is 15.5 Å². The van der Waals surface area contributed by atoms with E-state index >= 15 is 0 Å². The zero-order chi connectivity index (χ0) is 17.2. The number of H-pyrrole nitrogens is 1. The molecular weight excluding hydrogens is 350 g/mol. The molecule has 0 atom stereocenters. The van der Waals surface area contributed by atoms with Crippen molar-refractivity contribution in [1.82, 2.24) is 15.2 Å². The molecule has 0 fully saturated rings. The molecule has 3 aromatic rings. The van der Waals surface area contributed by atoms with Gasteiger partial charge in [-0.3, -0.25) is 14.7 Å². The fourth-order valence-corrected chi connectivity index (χ4v) is 4.92. The van der Waals surface area contributed by atoms with Gasteiger partial charge in [-0.2, -0.15) is 5.10 Å².